The van der Waals surface area contributed by atoms with Crippen LogP contribution >= 0.6 is 0 Å². The highest BCUT2D eigenvalue weighted by Gasteiger charge is 2.19. The molecule has 0 aromatic carbocycles. The minimum Gasteiger partial charge on any atom is -0.389 e. The Bertz CT molecular complexity index is 345. The van der Waals surface area contributed by atoms with Gasteiger partial charge >= 0.3 is 0 Å². The summed E-state index contributed by atoms with van der Waals surface area (Å²) in [5.41, 5.74) is -0.0170. The molecule has 0 bridgehead atoms. The fourth-order valence-corrected chi connectivity index (χ4v) is 1.71. The van der Waals surface area contributed by atoms with Gasteiger partial charge in [0.05, 0.1) is 11.7 Å². The van der Waals surface area contributed by atoms with Crippen LogP contribution in [0.15, 0.2) is 18.3 Å². The van der Waals surface area contributed by atoms with E-state index in [1.54, 1.807) is 33.0 Å². The Labute approximate surface area is 96.6 Å². The highest BCUT2D eigenvalue weighted by atomic mass is 16.3. The van der Waals surface area contributed by atoms with Gasteiger partial charge in [-0.3, -0.25) is 0 Å². The highest BCUT2D eigenvalue weighted by Crippen LogP contribution is 2.23. The van der Waals surface area contributed by atoms with E-state index in [9.17, 15) is 10.2 Å². The van der Waals surface area contributed by atoms with Crippen molar-refractivity contribution in [3.63, 3.8) is 0 Å². The van der Waals surface area contributed by atoms with E-state index in [0.29, 0.717) is 12.4 Å². The molecule has 0 radical (unpaired) electrons. The summed E-state index contributed by atoms with van der Waals surface area (Å²) in [6, 6.07) is 3.64. The average Bonchev–Trinajstić information content (AvgIpc) is 2.15. The monoisotopic (exact) mass is 224 g/mol. The van der Waals surface area contributed by atoms with E-state index >= 15 is 0 Å². The van der Waals surface area contributed by atoms with Crippen molar-refractivity contribution in [3.05, 3.63) is 23.9 Å². The van der Waals surface area contributed by atoms with Crippen LogP contribution in [0, 0.1) is 0 Å². The quantitative estimate of drug-likeness (QED) is 0.810. The molecule has 0 saturated carbocycles. The number of nitrogens with zero attached hydrogens (tertiary/aromatic N) is 2. The fourth-order valence-electron chi connectivity index (χ4n) is 1.71. The number of pyridine rings is 1. The molecule has 0 aliphatic carbocycles. The van der Waals surface area contributed by atoms with Crippen molar-refractivity contribution in [2.24, 2.45) is 0 Å². The number of likely N-dealkylation sites (N-methyl/N-ethyl adjacent to an activating group) is 1. The largest absolute Gasteiger partial charge is 0.389 e. The molecule has 4 nitrogen and oxygen atoms in total. The maximum atomic E-state index is 9.75. The molecule has 0 unspecified atom stereocenters. The van der Waals surface area contributed by atoms with Gasteiger partial charge in [0.1, 0.15) is 5.82 Å². The minimum absolute atomic E-state index is 0.462. The van der Waals surface area contributed by atoms with E-state index in [1.807, 2.05) is 18.0 Å². The van der Waals surface area contributed by atoms with Gasteiger partial charge in [0.25, 0.3) is 0 Å². The number of aliphatic hydroxyl groups is 2. The van der Waals surface area contributed by atoms with Crippen molar-refractivity contribution in [3.8, 4) is 0 Å². The molecule has 0 aliphatic rings. The van der Waals surface area contributed by atoms with Gasteiger partial charge in [-0.05, 0) is 26.8 Å². The Morgan fingerprint density at radius 3 is 2.62 bits per heavy atom. The molecule has 0 aliphatic heterocycles. The Balaban J connectivity index is 2.95. The molecule has 16 heavy (non-hydrogen) atoms. The number of hydrogen-bond acceptors (Lipinski definition) is 4. The van der Waals surface area contributed by atoms with E-state index in [4.69, 9.17) is 0 Å². The highest BCUT2D eigenvalue weighted by molar-refractivity contribution is 5.47. The summed E-state index contributed by atoms with van der Waals surface area (Å²) in [4.78, 5) is 6.09. The molecule has 0 amide bonds. The molecule has 0 fully saturated rings. The molecule has 0 spiro atoms. The van der Waals surface area contributed by atoms with E-state index in [0.717, 1.165) is 5.56 Å². The third kappa shape index (κ3) is 3.47. The Morgan fingerprint density at radius 2 is 2.12 bits per heavy atom. The molecule has 1 aromatic rings. The van der Waals surface area contributed by atoms with Gasteiger partial charge in [0, 0.05) is 25.4 Å². The Kier molecular flexibility index (Phi) is 3.88. The van der Waals surface area contributed by atoms with E-state index in [1.165, 1.54) is 0 Å². The number of anilines is 1. The topological polar surface area (TPSA) is 56.6 Å². The molecule has 1 rings (SSSR count). The molecule has 4 heteroatoms. The van der Waals surface area contributed by atoms with Crippen LogP contribution in [0.4, 0.5) is 5.82 Å². The third-order valence-corrected chi connectivity index (χ3v) is 2.25. The standard InChI is InChI=1S/C12H20N2O2/c1-9(15)10-6-5-7-13-11(10)14(4)8-12(2,3)16/h5-7,9,15-16H,8H2,1-4H3/t9-/m0/s1. The summed E-state index contributed by atoms with van der Waals surface area (Å²) in [5.74, 6) is 0.708. The first-order valence-electron chi connectivity index (χ1n) is 5.38. The van der Waals surface area contributed by atoms with Crippen LogP contribution in [0.3, 0.4) is 0 Å². The predicted octanol–water partition coefficient (Wildman–Crippen LogP) is 1.34. The summed E-state index contributed by atoms with van der Waals surface area (Å²) in [5, 5.41) is 19.4. The van der Waals surface area contributed by atoms with Crippen LogP contribution in [0.25, 0.3) is 0 Å². The van der Waals surface area contributed by atoms with Gasteiger partial charge in [0.15, 0.2) is 0 Å². The fraction of sp³-hybridized carbons (Fsp3) is 0.583. The SMILES string of the molecule is C[C@H](O)c1cccnc1N(C)CC(C)(C)O. The van der Waals surface area contributed by atoms with Crippen molar-refractivity contribution in [1.29, 1.82) is 0 Å². The molecule has 90 valence electrons. The molecule has 1 heterocycles. The molecule has 1 aromatic heterocycles. The second kappa shape index (κ2) is 4.80. The molecular formula is C12H20N2O2. The minimum atomic E-state index is -0.789. The number of aromatic nitrogens is 1. The van der Waals surface area contributed by atoms with Crippen molar-refractivity contribution in [1.82, 2.24) is 4.98 Å². The first kappa shape index (κ1) is 12.9. The maximum Gasteiger partial charge on any atom is 0.134 e. The molecule has 1 atom stereocenters. The van der Waals surface area contributed by atoms with Crippen molar-refractivity contribution in [2.45, 2.75) is 32.5 Å². The van der Waals surface area contributed by atoms with Gasteiger partial charge in [-0.25, -0.2) is 4.98 Å². The Hall–Kier alpha value is -1.13. The molecular weight excluding hydrogens is 204 g/mol. The number of aliphatic hydroxyl groups excluding tert-OH is 1. The number of hydrogen-bond donors (Lipinski definition) is 2. The van der Waals surface area contributed by atoms with Crippen molar-refractivity contribution >= 4 is 5.82 Å². The first-order chi connectivity index (χ1) is 7.31. The normalized spacial score (nSPS) is 13.6. The molecule has 2 N–H and O–H groups in total. The van der Waals surface area contributed by atoms with Crippen LogP contribution in [-0.4, -0.2) is 34.4 Å². The lowest BCUT2D eigenvalue weighted by Crippen LogP contribution is -2.37. The second-order valence-corrected chi connectivity index (χ2v) is 4.76. The predicted molar refractivity (Wildman–Crippen MR) is 64.4 cm³/mol. The lowest BCUT2D eigenvalue weighted by Gasteiger charge is -2.28. The van der Waals surface area contributed by atoms with Gasteiger partial charge in [-0.1, -0.05) is 6.07 Å². The third-order valence-electron chi connectivity index (χ3n) is 2.25. The van der Waals surface area contributed by atoms with E-state index in [-0.39, 0.29) is 0 Å². The zero-order valence-electron chi connectivity index (χ0n) is 10.3. The van der Waals surface area contributed by atoms with Gasteiger partial charge in [-0.15, -0.1) is 0 Å². The zero-order chi connectivity index (χ0) is 12.3. The van der Waals surface area contributed by atoms with Crippen molar-refractivity contribution < 1.29 is 10.2 Å². The zero-order valence-corrected chi connectivity index (χ0v) is 10.3. The van der Waals surface area contributed by atoms with Crippen LogP contribution in [-0.2, 0) is 0 Å². The summed E-state index contributed by atoms with van der Waals surface area (Å²) >= 11 is 0. The van der Waals surface area contributed by atoms with Gasteiger partial charge < -0.3 is 15.1 Å². The van der Waals surface area contributed by atoms with Gasteiger partial charge in [0.2, 0.25) is 0 Å². The van der Waals surface area contributed by atoms with Crippen LogP contribution < -0.4 is 4.90 Å². The number of rotatable bonds is 4. The molecule has 0 saturated heterocycles. The first-order valence-corrected chi connectivity index (χ1v) is 5.38. The summed E-state index contributed by atoms with van der Waals surface area (Å²) in [7, 11) is 1.85. The van der Waals surface area contributed by atoms with Gasteiger partial charge in [-0.2, -0.15) is 0 Å². The summed E-state index contributed by atoms with van der Waals surface area (Å²) in [6.07, 6.45) is 1.12. The second-order valence-electron chi connectivity index (χ2n) is 4.76. The van der Waals surface area contributed by atoms with Crippen molar-refractivity contribution in [2.75, 3.05) is 18.5 Å². The lowest BCUT2D eigenvalue weighted by molar-refractivity contribution is 0.0882. The lowest BCUT2D eigenvalue weighted by atomic mass is 10.1. The summed E-state index contributed by atoms with van der Waals surface area (Å²) < 4.78 is 0. The average molecular weight is 224 g/mol. The smallest absolute Gasteiger partial charge is 0.134 e. The van der Waals surface area contributed by atoms with Crippen LogP contribution in [0.2, 0.25) is 0 Å². The van der Waals surface area contributed by atoms with E-state index < -0.39 is 11.7 Å². The van der Waals surface area contributed by atoms with E-state index in [2.05, 4.69) is 4.98 Å². The summed E-state index contributed by atoms with van der Waals surface area (Å²) in [6.45, 7) is 5.66. The van der Waals surface area contributed by atoms with Crippen LogP contribution in [0.5, 0.6) is 0 Å². The van der Waals surface area contributed by atoms with Crippen LogP contribution in [0.1, 0.15) is 32.4 Å². The Morgan fingerprint density at radius 1 is 1.50 bits per heavy atom. The maximum absolute atomic E-state index is 9.75.